The zero-order valence-electron chi connectivity index (χ0n) is 11.9. The van der Waals surface area contributed by atoms with E-state index in [0.717, 1.165) is 18.4 Å². The van der Waals surface area contributed by atoms with Crippen LogP contribution in [0.25, 0.3) is 0 Å². The Labute approximate surface area is 123 Å². The lowest BCUT2D eigenvalue weighted by atomic mass is 10.2. The number of ether oxygens (including phenoxy) is 1. The number of nitrogens with one attached hydrogen (secondary N) is 2. The monoisotopic (exact) mass is 289 g/mol. The molecule has 0 saturated carbocycles. The van der Waals surface area contributed by atoms with Gasteiger partial charge in [0, 0.05) is 18.9 Å². The van der Waals surface area contributed by atoms with Gasteiger partial charge in [-0.3, -0.25) is 10.4 Å². The fraction of sp³-hybridized carbons (Fsp3) is 0.385. The van der Waals surface area contributed by atoms with Crippen molar-refractivity contribution in [2.24, 2.45) is 5.84 Å². The fourth-order valence-corrected chi connectivity index (χ4v) is 1.62. The van der Waals surface area contributed by atoms with Gasteiger partial charge in [0.05, 0.1) is 6.61 Å². The van der Waals surface area contributed by atoms with Crippen molar-refractivity contribution < 1.29 is 4.74 Å². The average molecular weight is 289 g/mol. The molecular formula is C13H19N7O. The van der Waals surface area contributed by atoms with Crippen LogP contribution in [0.5, 0.6) is 6.01 Å². The van der Waals surface area contributed by atoms with Crippen LogP contribution in [0.15, 0.2) is 24.5 Å². The van der Waals surface area contributed by atoms with Gasteiger partial charge in [-0.15, -0.1) is 0 Å². The van der Waals surface area contributed by atoms with Crippen LogP contribution >= 0.6 is 0 Å². The second-order valence-corrected chi connectivity index (χ2v) is 4.30. The first-order valence-electron chi connectivity index (χ1n) is 6.80. The van der Waals surface area contributed by atoms with E-state index in [0.29, 0.717) is 19.1 Å². The molecule has 21 heavy (non-hydrogen) atoms. The minimum absolute atomic E-state index is 0.253. The van der Waals surface area contributed by atoms with E-state index in [2.05, 4.69) is 30.7 Å². The Morgan fingerprint density at radius 1 is 1.24 bits per heavy atom. The predicted octanol–water partition coefficient (Wildman–Crippen LogP) is 0.996. The van der Waals surface area contributed by atoms with Crippen LogP contribution in [-0.2, 0) is 6.42 Å². The summed E-state index contributed by atoms with van der Waals surface area (Å²) >= 11 is 0. The van der Waals surface area contributed by atoms with Gasteiger partial charge < -0.3 is 10.1 Å². The molecule has 0 amide bonds. The maximum atomic E-state index is 5.40. The van der Waals surface area contributed by atoms with Crippen molar-refractivity contribution in [3.63, 3.8) is 0 Å². The Morgan fingerprint density at radius 2 is 2.10 bits per heavy atom. The highest BCUT2D eigenvalue weighted by atomic mass is 16.5. The molecule has 2 rings (SSSR count). The standard InChI is InChI=1S/C13H19N7O/c1-2-8-21-13-18-11(17-12(19-13)20-14)16-7-5-10-4-3-6-15-9-10/h3-4,6,9H,2,5,7-8,14H2,1H3,(H2,16,17,18,19,20). The van der Waals surface area contributed by atoms with Crippen molar-refractivity contribution in [3.8, 4) is 6.01 Å². The minimum Gasteiger partial charge on any atom is -0.463 e. The Balaban J connectivity index is 1.95. The van der Waals surface area contributed by atoms with Crippen LogP contribution < -0.4 is 21.3 Å². The van der Waals surface area contributed by atoms with Crippen LogP contribution in [-0.4, -0.2) is 33.1 Å². The number of nitrogens with two attached hydrogens (primary N) is 1. The summed E-state index contributed by atoms with van der Waals surface area (Å²) in [5.41, 5.74) is 3.54. The first-order chi connectivity index (χ1) is 10.3. The van der Waals surface area contributed by atoms with Crippen LogP contribution in [0.2, 0.25) is 0 Å². The van der Waals surface area contributed by atoms with E-state index in [4.69, 9.17) is 10.6 Å². The SMILES string of the molecule is CCCOc1nc(NN)nc(NCCc2cccnc2)n1. The lowest BCUT2D eigenvalue weighted by Gasteiger charge is -2.08. The van der Waals surface area contributed by atoms with Gasteiger partial charge >= 0.3 is 6.01 Å². The molecule has 0 unspecified atom stereocenters. The third-order valence-electron chi connectivity index (χ3n) is 2.60. The second-order valence-electron chi connectivity index (χ2n) is 4.30. The summed E-state index contributed by atoms with van der Waals surface area (Å²) in [5.74, 6) is 6.03. The third kappa shape index (κ3) is 4.84. The molecule has 112 valence electrons. The number of rotatable bonds is 8. The van der Waals surface area contributed by atoms with Crippen molar-refractivity contribution >= 4 is 11.9 Å². The molecule has 0 saturated heterocycles. The van der Waals surface area contributed by atoms with Gasteiger partial charge in [0.15, 0.2) is 0 Å². The lowest BCUT2D eigenvalue weighted by Crippen LogP contribution is -2.15. The molecule has 0 aliphatic heterocycles. The molecule has 2 aromatic rings. The Kier molecular flexibility index (Phi) is 5.65. The molecule has 0 atom stereocenters. The smallest absolute Gasteiger partial charge is 0.323 e. The van der Waals surface area contributed by atoms with E-state index in [9.17, 15) is 0 Å². The van der Waals surface area contributed by atoms with Gasteiger partial charge in [-0.25, -0.2) is 5.84 Å². The normalized spacial score (nSPS) is 10.2. The first-order valence-corrected chi connectivity index (χ1v) is 6.80. The Hall–Kier alpha value is -2.48. The van der Waals surface area contributed by atoms with Gasteiger partial charge in [0.1, 0.15) is 0 Å². The van der Waals surface area contributed by atoms with Crippen LogP contribution in [0.3, 0.4) is 0 Å². The number of nitrogens with zero attached hydrogens (tertiary/aromatic N) is 4. The minimum atomic E-state index is 0.253. The van der Waals surface area contributed by atoms with Crippen LogP contribution in [0, 0.1) is 0 Å². The summed E-state index contributed by atoms with van der Waals surface area (Å²) in [6, 6.07) is 4.18. The highest BCUT2D eigenvalue weighted by Crippen LogP contribution is 2.10. The molecule has 8 heteroatoms. The van der Waals surface area contributed by atoms with Gasteiger partial charge in [0.25, 0.3) is 0 Å². The van der Waals surface area contributed by atoms with E-state index in [-0.39, 0.29) is 12.0 Å². The van der Waals surface area contributed by atoms with Crippen molar-refractivity contribution in [2.45, 2.75) is 19.8 Å². The summed E-state index contributed by atoms with van der Waals surface area (Å²) in [5, 5.41) is 3.12. The zero-order chi connectivity index (χ0) is 14.9. The molecule has 2 aromatic heterocycles. The number of aromatic nitrogens is 4. The molecule has 0 aliphatic rings. The van der Waals surface area contributed by atoms with E-state index in [1.807, 2.05) is 25.3 Å². The highest BCUT2D eigenvalue weighted by Gasteiger charge is 2.06. The molecule has 0 aliphatic carbocycles. The van der Waals surface area contributed by atoms with E-state index in [1.54, 1.807) is 6.20 Å². The van der Waals surface area contributed by atoms with Gasteiger partial charge in [0.2, 0.25) is 11.9 Å². The maximum absolute atomic E-state index is 5.40. The zero-order valence-corrected chi connectivity index (χ0v) is 11.9. The number of hydrogen-bond acceptors (Lipinski definition) is 8. The molecule has 2 heterocycles. The molecule has 8 nitrogen and oxygen atoms in total. The second kappa shape index (κ2) is 7.95. The first kappa shape index (κ1) is 14.9. The summed E-state index contributed by atoms with van der Waals surface area (Å²) in [6.07, 6.45) is 5.27. The average Bonchev–Trinajstić information content (AvgIpc) is 2.53. The van der Waals surface area contributed by atoms with Crippen molar-refractivity contribution in [1.82, 2.24) is 19.9 Å². The highest BCUT2D eigenvalue weighted by molar-refractivity contribution is 5.35. The molecule has 0 bridgehead atoms. The molecule has 0 radical (unpaired) electrons. The van der Waals surface area contributed by atoms with Gasteiger partial charge in [-0.2, -0.15) is 15.0 Å². The fourth-order valence-electron chi connectivity index (χ4n) is 1.62. The number of hydrazine groups is 1. The number of anilines is 2. The van der Waals surface area contributed by atoms with Gasteiger partial charge in [-0.05, 0) is 24.5 Å². The summed E-state index contributed by atoms with van der Waals surface area (Å²) < 4.78 is 5.40. The number of nitrogen functional groups attached to an aromatic ring is 1. The Bertz CT molecular complexity index is 549. The van der Waals surface area contributed by atoms with E-state index >= 15 is 0 Å². The topological polar surface area (TPSA) is 111 Å². The predicted molar refractivity (Wildman–Crippen MR) is 79.9 cm³/mol. The van der Waals surface area contributed by atoms with E-state index in [1.165, 1.54) is 0 Å². The third-order valence-corrected chi connectivity index (χ3v) is 2.60. The number of hydrogen-bond donors (Lipinski definition) is 3. The van der Waals surface area contributed by atoms with Crippen LogP contribution in [0.1, 0.15) is 18.9 Å². The van der Waals surface area contributed by atoms with Gasteiger partial charge in [-0.1, -0.05) is 13.0 Å². The maximum Gasteiger partial charge on any atom is 0.323 e. The summed E-state index contributed by atoms with van der Waals surface area (Å²) in [7, 11) is 0. The molecule has 0 spiro atoms. The number of pyridine rings is 1. The Morgan fingerprint density at radius 3 is 2.81 bits per heavy atom. The quantitative estimate of drug-likeness (QED) is 0.487. The summed E-state index contributed by atoms with van der Waals surface area (Å²) in [6.45, 7) is 3.23. The molecular weight excluding hydrogens is 270 g/mol. The van der Waals surface area contributed by atoms with Crippen LogP contribution in [0.4, 0.5) is 11.9 Å². The molecule has 0 aromatic carbocycles. The molecule has 4 N–H and O–H groups in total. The van der Waals surface area contributed by atoms with E-state index < -0.39 is 0 Å². The van der Waals surface area contributed by atoms with Crippen molar-refractivity contribution in [1.29, 1.82) is 0 Å². The molecule has 0 fully saturated rings. The largest absolute Gasteiger partial charge is 0.463 e. The van der Waals surface area contributed by atoms with Crippen molar-refractivity contribution in [2.75, 3.05) is 23.9 Å². The lowest BCUT2D eigenvalue weighted by molar-refractivity contribution is 0.292. The van der Waals surface area contributed by atoms with Crippen molar-refractivity contribution in [3.05, 3.63) is 30.1 Å². The summed E-state index contributed by atoms with van der Waals surface area (Å²) in [4.78, 5) is 16.4.